The Morgan fingerprint density at radius 2 is 2.00 bits per heavy atom. The van der Waals surface area contributed by atoms with E-state index >= 15 is 0 Å². The molecule has 0 saturated heterocycles. The topological polar surface area (TPSA) is 22.1 Å². The van der Waals surface area contributed by atoms with E-state index < -0.39 is 0 Å². The van der Waals surface area contributed by atoms with E-state index in [2.05, 4.69) is 4.98 Å². The second-order valence-electron chi connectivity index (χ2n) is 3.19. The van der Waals surface area contributed by atoms with Crippen LogP contribution in [0.3, 0.4) is 0 Å². The highest BCUT2D eigenvalue weighted by molar-refractivity contribution is 6.30. The first-order chi connectivity index (χ1) is 7.24. The third-order valence-electron chi connectivity index (χ3n) is 1.92. The predicted octanol–water partition coefficient (Wildman–Crippen LogP) is 3.84. The normalized spacial score (nSPS) is 10.0. The summed E-state index contributed by atoms with van der Waals surface area (Å²) in [5, 5.41) is 0.660. The lowest BCUT2D eigenvalue weighted by Crippen LogP contribution is -1.86. The van der Waals surface area contributed by atoms with E-state index in [9.17, 15) is 0 Å². The van der Waals surface area contributed by atoms with Crippen molar-refractivity contribution in [1.29, 1.82) is 0 Å². The van der Waals surface area contributed by atoms with Gasteiger partial charge in [-0.1, -0.05) is 17.7 Å². The average molecular weight is 220 g/mol. The number of hydrogen-bond donors (Lipinski definition) is 0. The van der Waals surface area contributed by atoms with Crippen LogP contribution in [-0.2, 0) is 0 Å². The second-order valence-corrected chi connectivity index (χ2v) is 3.63. The van der Waals surface area contributed by atoms with Gasteiger partial charge in [0.05, 0.1) is 6.20 Å². The van der Waals surface area contributed by atoms with Gasteiger partial charge in [0.1, 0.15) is 11.5 Å². The number of nitrogens with zero attached hydrogens (tertiary/aromatic N) is 1. The van der Waals surface area contributed by atoms with Crippen molar-refractivity contribution in [3.05, 3.63) is 53.3 Å². The summed E-state index contributed by atoms with van der Waals surface area (Å²) in [6.07, 6.45) is 1.69. The van der Waals surface area contributed by atoms with Crippen LogP contribution in [0.1, 0.15) is 5.69 Å². The Kier molecular flexibility index (Phi) is 2.88. The van der Waals surface area contributed by atoms with Crippen molar-refractivity contribution in [3.63, 3.8) is 0 Å². The maximum absolute atomic E-state index is 5.84. The predicted molar refractivity (Wildman–Crippen MR) is 60.5 cm³/mol. The molecular formula is C12H10ClNO. The quantitative estimate of drug-likeness (QED) is 0.766. The molecule has 1 heterocycles. The molecule has 0 N–H and O–H groups in total. The molecule has 0 amide bonds. The number of rotatable bonds is 2. The largest absolute Gasteiger partial charge is 0.456 e. The Bertz CT molecular complexity index is 453. The minimum atomic E-state index is 0.660. The van der Waals surface area contributed by atoms with Gasteiger partial charge in [0, 0.05) is 10.7 Å². The van der Waals surface area contributed by atoms with Gasteiger partial charge < -0.3 is 4.74 Å². The molecule has 0 aliphatic rings. The first kappa shape index (κ1) is 9.99. The number of pyridine rings is 1. The van der Waals surface area contributed by atoms with Crippen LogP contribution in [0.25, 0.3) is 0 Å². The van der Waals surface area contributed by atoms with Crippen LogP contribution in [0.2, 0.25) is 5.02 Å². The minimum Gasteiger partial charge on any atom is -0.456 e. The number of aromatic nitrogens is 1. The molecule has 0 atom stereocenters. The van der Waals surface area contributed by atoms with Crippen molar-refractivity contribution < 1.29 is 4.74 Å². The van der Waals surface area contributed by atoms with Gasteiger partial charge in [-0.2, -0.15) is 0 Å². The first-order valence-electron chi connectivity index (χ1n) is 4.60. The van der Waals surface area contributed by atoms with E-state index in [4.69, 9.17) is 16.3 Å². The molecule has 2 nitrogen and oxygen atoms in total. The highest BCUT2D eigenvalue weighted by Crippen LogP contribution is 2.23. The number of aryl methyl sites for hydroxylation is 1. The monoisotopic (exact) mass is 219 g/mol. The van der Waals surface area contributed by atoms with Crippen molar-refractivity contribution in [2.75, 3.05) is 0 Å². The molecule has 3 heteroatoms. The fraction of sp³-hybridized carbons (Fsp3) is 0.0833. The number of halogens is 1. The summed E-state index contributed by atoms with van der Waals surface area (Å²) in [4.78, 5) is 4.14. The zero-order valence-corrected chi connectivity index (χ0v) is 9.03. The fourth-order valence-corrected chi connectivity index (χ4v) is 1.36. The van der Waals surface area contributed by atoms with Crippen molar-refractivity contribution >= 4 is 11.6 Å². The van der Waals surface area contributed by atoms with Crippen LogP contribution >= 0.6 is 11.6 Å². The molecule has 1 aromatic heterocycles. The van der Waals surface area contributed by atoms with E-state index in [-0.39, 0.29) is 0 Å². The Hall–Kier alpha value is -1.54. The van der Waals surface area contributed by atoms with Gasteiger partial charge >= 0.3 is 0 Å². The smallest absolute Gasteiger partial charge is 0.145 e. The number of hydrogen-bond acceptors (Lipinski definition) is 2. The third-order valence-corrected chi connectivity index (χ3v) is 2.15. The molecule has 15 heavy (non-hydrogen) atoms. The molecule has 2 rings (SSSR count). The molecule has 1 aromatic carbocycles. The van der Waals surface area contributed by atoms with Crippen LogP contribution in [0, 0.1) is 6.92 Å². The summed E-state index contributed by atoms with van der Waals surface area (Å²) in [6.45, 7) is 1.93. The highest BCUT2D eigenvalue weighted by atomic mass is 35.5. The summed E-state index contributed by atoms with van der Waals surface area (Å²) in [5.74, 6) is 1.43. The summed E-state index contributed by atoms with van der Waals surface area (Å²) < 4.78 is 5.57. The molecule has 76 valence electrons. The van der Waals surface area contributed by atoms with Gasteiger partial charge in [0.2, 0.25) is 0 Å². The average Bonchev–Trinajstić information content (AvgIpc) is 2.22. The summed E-state index contributed by atoms with van der Waals surface area (Å²) in [7, 11) is 0. The van der Waals surface area contributed by atoms with Crippen molar-refractivity contribution in [2.24, 2.45) is 0 Å². The van der Waals surface area contributed by atoms with Crippen molar-refractivity contribution in [1.82, 2.24) is 4.98 Å². The Labute approximate surface area is 93.5 Å². The summed E-state index contributed by atoms with van der Waals surface area (Å²) in [5.41, 5.74) is 0.966. The molecular weight excluding hydrogens is 210 g/mol. The van der Waals surface area contributed by atoms with Gasteiger partial charge in [-0.25, -0.2) is 0 Å². The minimum absolute atomic E-state index is 0.660. The van der Waals surface area contributed by atoms with E-state index in [1.165, 1.54) is 0 Å². The van der Waals surface area contributed by atoms with Crippen LogP contribution in [-0.4, -0.2) is 4.98 Å². The molecule has 0 aliphatic carbocycles. The Morgan fingerprint density at radius 1 is 1.13 bits per heavy atom. The standard InChI is InChI=1S/C12H10ClNO/c1-9-5-6-12(8-14-9)15-11-4-2-3-10(13)7-11/h2-8H,1H3. The van der Waals surface area contributed by atoms with Gasteiger partial charge in [-0.3, -0.25) is 4.98 Å². The lowest BCUT2D eigenvalue weighted by molar-refractivity contribution is 0.480. The Morgan fingerprint density at radius 3 is 2.67 bits per heavy atom. The molecule has 0 aliphatic heterocycles. The molecule has 0 bridgehead atoms. The number of ether oxygens (including phenoxy) is 1. The maximum atomic E-state index is 5.84. The highest BCUT2D eigenvalue weighted by Gasteiger charge is 1.97. The van der Waals surface area contributed by atoms with Gasteiger partial charge in [-0.15, -0.1) is 0 Å². The van der Waals surface area contributed by atoms with E-state index in [1.807, 2.05) is 37.3 Å². The fourth-order valence-electron chi connectivity index (χ4n) is 1.18. The third kappa shape index (κ3) is 2.70. The molecule has 0 unspecified atom stereocenters. The lowest BCUT2D eigenvalue weighted by atomic mass is 10.3. The molecule has 0 saturated carbocycles. The van der Waals surface area contributed by atoms with Crippen molar-refractivity contribution in [3.8, 4) is 11.5 Å². The number of benzene rings is 1. The summed E-state index contributed by atoms with van der Waals surface area (Å²) in [6, 6.07) is 11.1. The maximum Gasteiger partial charge on any atom is 0.145 e. The first-order valence-corrected chi connectivity index (χ1v) is 4.98. The van der Waals surface area contributed by atoms with Crippen molar-refractivity contribution in [2.45, 2.75) is 6.92 Å². The summed E-state index contributed by atoms with van der Waals surface area (Å²) >= 11 is 5.84. The second kappa shape index (κ2) is 4.32. The van der Waals surface area contributed by atoms with Crippen LogP contribution in [0.15, 0.2) is 42.6 Å². The van der Waals surface area contributed by atoms with E-state index in [1.54, 1.807) is 12.3 Å². The molecule has 0 spiro atoms. The molecule has 0 radical (unpaired) electrons. The SMILES string of the molecule is Cc1ccc(Oc2cccc(Cl)c2)cn1. The zero-order valence-electron chi connectivity index (χ0n) is 8.27. The van der Waals surface area contributed by atoms with Crippen LogP contribution < -0.4 is 4.74 Å². The molecule has 2 aromatic rings. The van der Waals surface area contributed by atoms with E-state index in [0.717, 1.165) is 5.69 Å². The Balaban J connectivity index is 2.18. The van der Waals surface area contributed by atoms with Crippen LogP contribution in [0.5, 0.6) is 11.5 Å². The van der Waals surface area contributed by atoms with Gasteiger partial charge in [0.25, 0.3) is 0 Å². The van der Waals surface area contributed by atoms with Gasteiger partial charge in [0.15, 0.2) is 0 Å². The van der Waals surface area contributed by atoms with Gasteiger partial charge in [-0.05, 0) is 37.3 Å². The zero-order chi connectivity index (χ0) is 10.7. The van der Waals surface area contributed by atoms with E-state index in [0.29, 0.717) is 16.5 Å². The lowest BCUT2D eigenvalue weighted by Gasteiger charge is -2.05. The molecule has 0 fully saturated rings. The van der Waals surface area contributed by atoms with Crippen LogP contribution in [0.4, 0.5) is 0 Å².